The maximum absolute atomic E-state index is 6.28. The summed E-state index contributed by atoms with van der Waals surface area (Å²) in [7, 11) is 7.42. The number of aryl methyl sites for hydroxylation is 2. The van der Waals surface area contributed by atoms with Crippen LogP contribution in [0.25, 0.3) is 64.9 Å². The van der Waals surface area contributed by atoms with Crippen molar-refractivity contribution in [2.45, 2.75) is 0 Å². The Morgan fingerprint density at radius 2 is 1.05 bits per heavy atom. The molecule has 13 heteroatoms. The monoisotopic (exact) mass is 737 g/mol. The molecule has 0 spiro atoms. The first-order chi connectivity index (χ1) is 27.0. The summed E-state index contributed by atoms with van der Waals surface area (Å²) in [6.07, 6.45) is 0. The Morgan fingerprint density at radius 1 is 0.545 bits per heavy atom. The third-order valence-corrected chi connectivity index (χ3v) is 11.3. The van der Waals surface area contributed by atoms with E-state index < -0.39 is 0 Å². The van der Waals surface area contributed by atoms with Crippen LogP contribution in [0.2, 0.25) is 0 Å². The van der Waals surface area contributed by atoms with Crippen molar-refractivity contribution in [3.05, 3.63) is 66.2 Å². The third kappa shape index (κ3) is 3.96. The van der Waals surface area contributed by atoms with Crippen molar-refractivity contribution in [1.82, 2.24) is 4.57 Å². The van der Waals surface area contributed by atoms with Crippen molar-refractivity contribution in [3.8, 4) is 57.5 Å². The topological polar surface area (TPSA) is 115 Å². The van der Waals surface area contributed by atoms with Crippen LogP contribution in [0.5, 0.6) is 57.5 Å². The number of rotatable bonds is 3. The zero-order valence-electron chi connectivity index (χ0n) is 30.1. The standard InChI is InChI=1S/C42H30N3O10/c1-44-37-21(7-5-19-9-25-27(11-23(19)37)50-15-48-25)33-29(46-3)13-31-39(54-17-52-31)35(33)41(44)43-42-36-34(30(47-4)14-32-40(36)55-18-53-32)22-8-6-20-10-26-28(51-16-49-26)12-24(20)38(22)45(42)2/h5-14H,15-18H2,1-4H3/q+1/p+1. The van der Waals surface area contributed by atoms with E-state index in [0.717, 1.165) is 76.2 Å². The predicted molar refractivity (Wildman–Crippen MR) is 199 cm³/mol. The van der Waals surface area contributed by atoms with Gasteiger partial charge in [-0.1, -0.05) is 12.1 Å². The van der Waals surface area contributed by atoms with Crippen molar-refractivity contribution >= 4 is 70.7 Å². The lowest BCUT2D eigenvalue weighted by Gasteiger charge is -2.15. The molecule has 6 heterocycles. The molecule has 55 heavy (non-hydrogen) atoms. The van der Waals surface area contributed by atoms with E-state index in [0.29, 0.717) is 57.5 Å². The van der Waals surface area contributed by atoms with Gasteiger partial charge in [-0.25, -0.2) is 0 Å². The lowest BCUT2D eigenvalue weighted by atomic mass is 9.98. The number of hydrogen-bond acceptors (Lipinski definition) is 10. The first kappa shape index (κ1) is 30.4. The number of aromatic nitrogens is 2. The quantitative estimate of drug-likeness (QED) is 0.196. The zero-order valence-corrected chi connectivity index (χ0v) is 30.1. The molecule has 0 atom stereocenters. The summed E-state index contributed by atoms with van der Waals surface area (Å²) < 4.78 is 64.4. The van der Waals surface area contributed by atoms with E-state index in [1.165, 1.54) is 0 Å². The molecule has 1 N–H and O–H groups in total. The number of methoxy groups -OCH3 is 2. The number of ether oxygens (including phenoxy) is 10. The molecule has 4 aliphatic heterocycles. The Hall–Kier alpha value is -7.02. The molecule has 4 aliphatic rings. The van der Waals surface area contributed by atoms with E-state index >= 15 is 0 Å². The Morgan fingerprint density at radius 3 is 1.69 bits per heavy atom. The molecule has 0 bridgehead atoms. The highest BCUT2D eigenvalue weighted by molar-refractivity contribution is 6.20. The average molecular weight is 738 g/mol. The first-order valence-electron chi connectivity index (χ1n) is 17.7. The van der Waals surface area contributed by atoms with Crippen molar-refractivity contribution in [3.63, 3.8) is 0 Å². The molecule has 0 saturated carbocycles. The molecule has 0 radical (unpaired) electrons. The van der Waals surface area contributed by atoms with Crippen LogP contribution in [0.1, 0.15) is 0 Å². The average Bonchev–Trinajstić information content (AvgIpc) is 4.04. The minimum Gasteiger partial charge on any atom is -0.496 e. The predicted octanol–water partition coefficient (Wildman–Crippen LogP) is 5.01. The van der Waals surface area contributed by atoms with Crippen LogP contribution in [-0.4, -0.2) is 46.0 Å². The number of nitrogens with one attached hydrogen (secondary N) is 1. The molecular weight excluding hydrogens is 706 g/mol. The van der Waals surface area contributed by atoms with Crippen LogP contribution in [0.15, 0.2) is 60.7 Å². The molecule has 6 aromatic carbocycles. The zero-order chi connectivity index (χ0) is 36.7. The van der Waals surface area contributed by atoms with Crippen molar-refractivity contribution in [2.75, 3.05) is 41.4 Å². The molecule has 12 rings (SSSR count). The summed E-state index contributed by atoms with van der Waals surface area (Å²) in [5.41, 5.74) is 2.60. The molecule has 8 aromatic rings. The van der Waals surface area contributed by atoms with Gasteiger partial charge in [0.25, 0.3) is 0 Å². The van der Waals surface area contributed by atoms with Gasteiger partial charge >= 0.3 is 11.3 Å². The van der Waals surface area contributed by atoms with E-state index in [2.05, 4.69) is 38.4 Å². The SMILES string of the molecule is COc1cc2c(c3c([NH+]=c4c5c6c(cc(OC)c5c5ccc7cc8c(cc7c5n4C)OCO8)OCO6)[n+](C)c4c5cc6c(cc5ccc4c13)OCO6)OCO2. The van der Waals surface area contributed by atoms with Gasteiger partial charge in [-0.2, -0.15) is 14.1 Å². The summed E-state index contributed by atoms with van der Waals surface area (Å²) in [5.74, 6) is 7.19. The Bertz CT molecular complexity index is 3170. The van der Waals surface area contributed by atoms with Crippen LogP contribution >= 0.6 is 0 Å². The summed E-state index contributed by atoms with van der Waals surface area (Å²) in [6, 6.07) is 20.3. The highest BCUT2D eigenvalue weighted by atomic mass is 16.7. The van der Waals surface area contributed by atoms with E-state index in [1.807, 2.05) is 50.5 Å². The molecule has 0 aliphatic carbocycles. The summed E-state index contributed by atoms with van der Waals surface area (Å²) in [5, 5.41) is 9.14. The van der Waals surface area contributed by atoms with Gasteiger partial charge in [0.15, 0.2) is 57.0 Å². The largest absolute Gasteiger partial charge is 0.496 e. The van der Waals surface area contributed by atoms with Gasteiger partial charge in [0.05, 0.1) is 25.0 Å². The van der Waals surface area contributed by atoms with Gasteiger partial charge < -0.3 is 47.4 Å². The normalized spacial score (nSPS) is 15.2. The summed E-state index contributed by atoms with van der Waals surface area (Å²) >= 11 is 0. The smallest absolute Gasteiger partial charge is 0.350 e. The fourth-order valence-electron chi connectivity index (χ4n) is 8.83. The fourth-order valence-corrected chi connectivity index (χ4v) is 8.83. The van der Waals surface area contributed by atoms with Crippen molar-refractivity contribution in [1.29, 1.82) is 0 Å². The highest BCUT2D eigenvalue weighted by Gasteiger charge is 2.35. The minimum atomic E-state index is 0.0741. The van der Waals surface area contributed by atoms with Crippen LogP contribution in [0, 0.1) is 0 Å². The number of nitrogens with zero attached hydrogens (tertiary/aromatic N) is 2. The fraction of sp³-hybridized carbons (Fsp3) is 0.190. The van der Waals surface area contributed by atoms with E-state index in [4.69, 9.17) is 47.4 Å². The molecular formula is C42H31N3O10+2. The van der Waals surface area contributed by atoms with Crippen LogP contribution in [0.4, 0.5) is 5.82 Å². The third-order valence-electron chi connectivity index (χ3n) is 11.3. The van der Waals surface area contributed by atoms with Gasteiger partial charge in [-0.15, -0.1) is 0 Å². The summed E-state index contributed by atoms with van der Waals surface area (Å²) in [6.45, 7) is 0.490. The number of fused-ring (bicyclic) bond motifs is 16. The maximum Gasteiger partial charge on any atom is 0.350 e. The van der Waals surface area contributed by atoms with Crippen molar-refractivity contribution < 1.29 is 56.9 Å². The second kappa shape index (κ2) is 10.8. The molecule has 0 saturated heterocycles. The van der Waals surface area contributed by atoms with Gasteiger partial charge in [0.2, 0.25) is 27.2 Å². The second-order valence-electron chi connectivity index (χ2n) is 13.8. The van der Waals surface area contributed by atoms with Crippen molar-refractivity contribution in [2.24, 2.45) is 14.1 Å². The van der Waals surface area contributed by atoms with E-state index in [1.54, 1.807) is 14.2 Å². The van der Waals surface area contributed by atoms with Gasteiger partial charge in [0.1, 0.15) is 36.4 Å². The van der Waals surface area contributed by atoms with E-state index in [-0.39, 0.29) is 27.2 Å². The van der Waals surface area contributed by atoms with Crippen LogP contribution in [-0.2, 0) is 14.1 Å². The molecule has 0 amide bonds. The van der Waals surface area contributed by atoms with E-state index in [9.17, 15) is 0 Å². The maximum atomic E-state index is 6.28. The number of benzene rings is 6. The summed E-state index contributed by atoms with van der Waals surface area (Å²) in [4.78, 5) is 3.94. The lowest BCUT2D eigenvalue weighted by molar-refractivity contribution is -0.698. The van der Waals surface area contributed by atoms with Gasteiger partial charge in [0, 0.05) is 33.7 Å². The molecule has 13 nitrogen and oxygen atoms in total. The number of hydrogen-bond donors (Lipinski definition) is 1. The minimum absolute atomic E-state index is 0.0741. The molecule has 272 valence electrons. The van der Waals surface area contributed by atoms with Gasteiger partial charge in [-0.3, -0.25) is 0 Å². The Balaban J connectivity index is 1.33. The lowest BCUT2D eigenvalue weighted by Crippen LogP contribution is -2.77. The van der Waals surface area contributed by atoms with Gasteiger partial charge in [-0.05, 0) is 47.2 Å². The van der Waals surface area contributed by atoms with Crippen LogP contribution < -0.4 is 62.4 Å². The highest BCUT2D eigenvalue weighted by Crippen LogP contribution is 2.50. The first-order valence-corrected chi connectivity index (χ1v) is 17.7. The van der Waals surface area contributed by atoms with Crippen LogP contribution in [0.3, 0.4) is 0 Å². The second-order valence-corrected chi connectivity index (χ2v) is 13.8. The number of pyridine rings is 2. The Labute approximate surface area is 310 Å². The molecule has 2 aromatic heterocycles. The Kier molecular flexibility index (Phi) is 5.97. The molecule has 0 unspecified atom stereocenters. The molecule has 0 fully saturated rings.